The Morgan fingerprint density at radius 3 is 2.14 bits per heavy atom. The topological polar surface area (TPSA) is 18.5 Å². The summed E-state index contributed by atoms with van der Waals surface area (Å²) in [4.78, 5) is 0. The number of methoxy groups -OCH3 is 2. The van der Waals surface area contributed by atoms with E-state index in [1.807, 2.05) is 18.2 Å². The van der Waals surface area contributed by atoms with Crippen LogP contribution in [0, 0.1) is 0 Å². The fourth-order valence-electron chi connectivity index (χ4n) is 2.51. The van der Waals surface area contributed by atoms with Gasteiger partial charge in [-0.2, -0.15) is 0 Å². The molecule has 0 spiro atoms. The molecule has 0 aliphatic rings. The quantitative estimate of drug-likeness (QED) is 0.628. The smallest absolute Gasteiger partial charge is 0.123 e. The maximum Gasteiger partial charge on any atom is 0.123 e. The van der Waals surface area contributed by atoms with Gasteiger partial charge in [0.2, 0.25) is 0 Å². The van der Waals surface area contributed by atoms with Crippen LogP contribution in [-0.2, 0) is 0 Å². The highest BCUT2D eigenvalue weighted by atomic mass is 16.5. The van der Waals surface area contributed by atoms with Crippen LogP contribution in [0.2, 0.25) is 0 Å². The fourth-order valence-corrected chi connectivity index (χ4v) is 2.51. The van der Waals surface area contributed by atoms with Gasteiger partial charge in [0.1, 0.15) is 11.5 Å². The minimum absolute atomic E-state index is 0.789. The third-order valence-electron chi connectivity index (χ3n) is 3.65. The summed E-state index contributed by atoms with van der Waals surface area (Å²) in [7, 11) is 3.32. The summed E-state index contributed by atoms with van der Waals surface area (Å²) in [6, 6.07) is 20.6. The predicted molar refractivity (Wildman–Crippen MR) is 92.4 cm³/mol. The van der Waals surface area contributed by atoms with E-state index < -0.39 is 0 Å². The van der Waals surface area contributed by atoms with Gasteiger partial charge in [0.05, 0.1) is 14.2 Å². The van der Waals surface area contributed by atoms with Crippen LogP contribution in [0.1, 0.15) is 11.1 Å². The van der Waals surface area contributed by atoms with Crippen LogP contribution in [0.15, 0.2) is 60.7 Å². The number of hydrogen-bond acceptors (Lipinski definition) is 2. The second-order valence-electron chi connectivity index (χ2n) is 5.05. The van der Waals surface area contributed by atoms with Gasteiger partial charge < -0.3 is 9.47 Å². The maximum absolute atomic E-state index is 5.31. The molecule has 2 heteroatoms. The minimum Gasteiger partial charge on any atom is -0.497 e. The Morgan fingerprint density at radius 2 is 1.41 bits per heavy atom. The van der Waals surface area contributed by atoms with Crippen molar-refractivity contribution < 1.29 is 9.47 Å². The lowest BCUT2D eigenvalue weighted by Crippen LogP contribution is -1.88. The highest BCUT2D eigenvalue weighted by Crippen LogP contribution is 2.25. The van der Waals surface area contributed by atoms with Gasteiger partial charge in [-0.05, 0) is 34.0 Å². The number of benzene rings is 3. The largest absolute Gasteiger partial charge is 0.497 e. The fraction of sp³-hybridized carbons (Fsp3) is 0.100. The van der Waals surface area contributed by atoms with Gasteiger partial charge in [0, 0.05) is 6.07 Å². The lowest BCUT2D eigenvalue weighted by Gasteiger charge is -2.06. The molecule has 0 atom stereocenters. The summed E-state index contributed by atoms with van der Waals surface area (Å²) < 4.78 is 10.6. The standard InChI is InChI=1S/C20H18O2/c1-21-18-12-15(13-19(14-18)22-2)10-11-17-8-5-7-16-6-3-4-9-20(16)17/h3-14H,1-2H3. The van der Waals surface area contributed by atoms with E-state index in [4.69, 9.17) is 9.47 Å². The van der Waals surface area contributed by atoms with Gasteiger partial charge >= 0.3 is 0 Å². The van der Waals surface area contributed by atoms with E-state index in [9.17, 15) is 0 Å². The zero-order valence-corrected chi connectivity index (χ0v) is 12.7. The molecular weight excluding hydrogens is 272 g/mol. The second-order valence-corrected chi connectivity index (χ2v) is 5.05. The van der Waals surface area contributed by atoms with E-state index in [1.54, 1.807) is 14.2 Å². The monoisotopic (exact) mass is 290 g/mol. The van der Waals surface area contributed by atoms with Crippen molar-refractivity contribution in [1.29, 1.82) is 0 Å². The molecule has 2 nitrogen and oxygen atoms in total. The van der Waals surface area contributed by atoms with Crippen molar-refractivity contribution >= 4 is 22.9 Å². The molecule has 0 aromatic heterocycles. The summed E-state index contributed by atoms with van der Waals surface area (Å²) >= 11 is 0. The number of fused-ring (bicyclic) bond motifs is 1. The Kier molecular flexibility index (Phi) is 4.10. The molecule has 0 unspecified atom stereocenters. The second kappa shape index (κ2) is 6.35. The molecule has 3 aromatic carbocycles. The Balaban J connectivity index is 1.99. The molecule has 110 valence electrons. The van der Waals surface area contributed by atoms with Gasteiger partial charge in [-0.3, -0.25) is 0 Å². The van der Waals surface area contributed by atoms with Crippen LogP contribution in [0.5, 0.6) is 11.5 Å². The van der Waals surface area contributed by atoms with Crippen LogP contribution in [-0.4, -0.2) is 14.2 Å². The summed E-state index contributed by atoms with van der Waals surface area (Å²) in [5.74, 6) is 1.58. The summed E-state index contributed by atoms with van der Waals surface area (Å²) in [5.41, 5.74) is 2.24. The van der Waals surface area contributed by atoms with Crippen LogP contribution in [0.25, 0.3) is 22.9 Å². The van der Waals surface area contributed by atoms with Crippen molar-refractivity contribution in [3.63, 3.8) is 0 Å². The third-order valence-corrected chi connectivity index (χ3v) is 3.65. The molecule has 3 rings (SSSR count). The lowest BCUT2D eigenvalue weighted by molar-refractivity contribution is 0.394. The molecule has 0 heterocycles. The van der Waals surface area contributed by atoms with Crippen LogP contribution in [0.4, 0.5) is 0 Å². The number of hydrogen-bond donors (Lipinski definition) is 0. The van der Waals surface area contributed by atoms with Gasteiger partial charge in [0.15, 0.2) is 0 Å². The Hall–Kier alpha value is -2.74. The van der Waals surface area contributed by atoms with E-state index in [1.165, 1.54) is 16.3 Å². The van der Waals surface area contributed by atoms with Crippen molar-refractivity contribution in [3.05, 3.63) is 71.8 Å². The molecule has 0 bridgehead atoms. The summed E-state index contributed by atoms with van der Waals surface area (Å²) in [5, 5.41) is 2.49. The first-order valence-electron chi connectivity index (χ1n) is 7.19. The lowest BCUT2D eigenvalue weighted by atomic mass is 10.0. The Labute approximate surface area is 130 Å². The first-order chi connectivity index (χ1) is 10.8. The van der Waals surface area contributed by atoms with E-state index in [-0.39, 0.29) is 0 Å². The van der Waals surface area contributed by atoms with Gasteiger partial charge in [-0.15, -0.1) is 0 Å². The molecule has 0 saturated carbocycles. The summed E-state index contributed by atoms with van der Waals surface area (Å²) in [6.07, 6.45) is 4.20. The van der Waals surface area contributed by atoms with Crippen molar-refractivity contribution in [3.8, 4) is 11.5 Å². The van der Waals surface area contributed by atoms with Crippen molar-refractivity contribution in [2.75, 3.05) is 14.2 Å². The van der Waals surface area contributed by atoms with Crippen molar-refractivity contribution in [1.82, 2.24) is 0 Å². The Bertz CT molecular complexity index is 791. The SMILES string of the molecule is COc1cc(C=Cc2cccc3ccccc23)cc(OC)c1. The maximum atomic E-state index is 5.31. The molecule has 0 radical (unpaired) electrons. The highest BCUT2D eigenvalue weighted by Gasteiger charge is 2.00. The Morgan fingerprint density at radius 1 is 0.727 bits per heavy atom. The normalized spacial score (nSPS) is 11.0. The summed E-state index contributed by atoms with van der Waals surface area (Å²) in [6.45, 7) is 0. The third kappa shape index (κ3) is 2.96. The van der Waals surface area contributed by atoms with Gasteiger partial charge in [-0.1, -0.05) is 54.6 Å². The van der Waals surface area contributed by atoms with Gasteiger partial charge in [-0.25, -0.2) is 0 Å². The van der Waals surface area contributed by atoms with E-state index in [2.05, 4.69) is 54.6 Å². The molecule has 0 saturated heterocycles. The van der Waals surface area contributed by atoms with Crippen molar-refractivity contribution in [2.45, 2.75) is 0 Å². The predicted octanol–water partition coefficient (Wildman–Crippen LogP) is 5.03. The first kappa shape index (κ1) is 14.2. The van der Waals surface area contributed by atoms with Crippen LogP contribution >= 0.6 is 0 Å². The molecule has 0 amide bonds. The average molecular weight is 290 g/mol. The molecule has 3 aromatic rings. The van der Waals surface area contributed by atoms with Crippen molar-refractivity contribution in [2.24, 2.45) is 0 Å². The highest BCUT2D eigenvalue weighted by molar-refractivity contribution is 5.92. The molecule has 22 heavy (non-hydrogen) atoms. The molecule has 0 aliphatic carbocycles. The number of rotatable bonds is 4. The van der Waals surface area contributed by atoms with E-state index in [0.717, 1.165) is 17.1 Å². The minimum atomic E-state index is 0.789. The van der Waals surface area contributed by atoms with Crippen LogP contribution in [0.3, 0.4) is 0 Å². The van der Waals surface area contributed by atoms with E-state index in [0.29, 0.717) is 0 Å². The average Bonchev–Trinajstić information content (AvgIpc) is 2.59. The molecular formula is C20H18O2. The molecule has 0 N–H and O–H groups in total. The van der Waals surface area contributed by atoms with Crippen LogP contribution < -0.4 is 9.47 Å². The van der Waals surface area contributed by atoms with E-state index >= 15 is 0 Å². The number of ether oxygens (including phenoxy) is 2. The zero-order valence-electron chi connectivity index (χ0n) is 12.7. The van der Waals surface area contributed by atoms with Gasteiger partial charge in [0.25, 0.3) is 0 Å². The molecule has 0 fully saturated rings. The zero-order chi connectivity index (χ0) is 15.4. The molecule has 0 aliphatic heterocycles. The first-order valence-corrected chi connectivity index (χ1v) is 7.19.